The van der Waals surface area contributed by atoms with Gasteiger partial charge in [-0.15, -0.1) is 0 Å². The molecule has 2 atom stereocenters. The van der Waals surface area contributed by atoms with Crippen molar-refractivity contribution >= 4 is 17.6 Å². The van der Waals surface area contributed by atoms with Crippen molar-refractivity contribution in [1.82, 2.24) is 4.31 Å². The lowest BCUT2D eigenvalue weighted by Crippen LogP contribution is -2.29. The van der Waals surface area contributed by atoms with Crippen molar-refractivity contribution < 1.29 is 22.0 Å². The van der Waals surface area contributed by atoms with Crippen molar-refractivity contribution in [3.63, 3.8) is 0 Å². The zero-order chi connectivity index (χ0) is 18.7. The summed E-state index contributed by atoms with van der Waals surface area (Å²) in [5.74, 6) is 0.0404. The van der Waals surface area contributed by atoms with E-state index in [1.54, 1.807) is 38.1 Å². The Morgan fingerprint density at radius 1 is 1.12 bits per heavy atom. The first-order valence-corrected chi connectivity index (χ1v) is 11.8. The van der Waals surface area contributed by atoms with Gasteiger partial charge in [0.2, 0.25) is 10.0 Å². The van der Waals surface area contributed by atoms with Gasteiger partial charge in [0, 0.05) is 13.1 Å². The molecule has 8 heteroatoms. The largest absolute Gasteiger partial charge is 0.330 e. The van der Waals surface area contributed by atoms with Crippen LogP contribution in [0.1, 0.15) is 26.3 Å². The zero-order valence-electron chi connectivity index (χ0n) is 15.3. The van der Waals surface area contributed by atoms with Gasteiger partial charge in [-0.05, 0) is 44.7 Å². The SMILES string of the molecule is CCOP(=O)(CC1CN(S(=O)(=O)c2ccc(C)cc2)CC1C)OCC. The van der Waals surface area contributed by atoms with Gasteiger partial charge in [0.05, 0.1) is 24.3 Å². The van der Waals surface area contributed by atoms with Crippen LogP contribution in [0.4, 0.5) is 0 Å². The van der Waals surface area contributed by atoms with Crippen LogP contribution in [0.3, 0.4) is 0 Å². The van der Waals surface area contributed by atoms with E-state index in [-0.39, 0.29) is 18.0 Å². The molecule has 0 aromatic heterocycles. The summed E-state index contributed by atoms with van der Waals surface area (Å²) >= 11 is 0. The van der Waals surface area contributed by atoms with E-state index in [1.807, 2.05) is 13.8 Å². The van der Waals surface area contributed by atoms with E-state index < -0.39 is 17.6 Å². The quantitative estimate of drug-likeness (QED) is 0.636. The molecule has 1 aromatic carbocycles. The minimum absolute atomic E-state index is 0.0517. The second kappa shape index (κ2) is 8.31. The summed E-state index contributed by atoms with van der Waals surface area (Å²) in [4.78, 5) is 0.295. The molecule has 0 amide bonds. The molecule has 1 aromatic rings. The van der Waals surface area contributed by atoms with Crippen LogP contribution in [0.25, 0.3) is 0 Å². The molecule has 142 valence electrons. The maximum atomic E-state index is 12.8. The zero-order valence-corrected chi connectivity index (χ0v) is 17.1. The molecule has 0 N–H and O–H groups in total. The number of sulfonamides is 1. The van der Waals surface area contributed by atoms with E-state index in [0.717, 1.165) is 5.56 Å². The van der Waals surface area contributed by atoms with Gasteiger partial charge in [0.25, 0.3) is 0 Å². The highest BCUT2D eigenvalue weighted by molar-refractivity contribution is 7.89. The van der Waals surface area contributed by atoms with E-state index in [0.29, 0.717) is 31.2 Å². The number of hydrogen-bond acceptors (Lipinski definition) is 5. The van der Waals surface area contributed by atoms with E-state index >= 15 is 0 Å². The van der Waals surface area contributed by atoms with Crippen LogP contribution in [0, 0.1) is 18.8 Å². The van der Waals surface area contributed by atoms with Crippen LogP contribution in [0.15, 0.2) is 29.2 Å². The molecular weight excluding hydrogens is 361 g/mol. The number of rotatable bonds is 8. The second-order valence-electron chi connectivity index (χ2n) is 6.50. The molecule has 0 bridgehead atoms. The van der Waals surface area contributed by atoms with Crippen molar-refractivity contribution in [3.8, 4) is 0 Å². The highest BCUT2D eigenvalue weighted by atomic mass is 32.2. The molecule has 1 heterocycles. The smallest absolute Gasteiger partial charge is 0.309 e. The standard InChI is InChI=1S/C17H28NO5PS/c1-5-22-24(19,23-6-2)13-16-12-18(11-15(16)4)25(20,21)17-9-7-14(3)8-10-17/h7-10,15-16H,5-6,11-13H2,1-4H3. The lowest BCUT2D eigenvalue weighted by atomic mass is 10.0. The molecule has 25 heavy (non-hydrogen) atoms. The van der Waals surface area contributed by atoms with Crippen LogP contribution >= 0.6 is 7.60 Å². The summed E-state index contributed by atoms with van der Waals surface area (Å²) in [5.41, 5.74) is 1.01. The Morgan fingerprint density at radius 3 is 2.20 bits per heavy atom. The third-order valence-corrected chi connectivity index (χ3v) is 8.57. The topological polar surface area (TPSA) is 72.9 Å². The Hall–Kier alpha value is -0.720. The van der Waals surface area contributed by atoms with Gasteiger partial charge >= 0.3 is 7.60 Å². The summed E-state index contributed by atoms with van der Waals surface area (Å²) in [7, 11) is -6.72. The van der Waals surface area contributed by atoms with Crippen LogP contribution in [-0.2, 0) is 23.6 Å². The fourth-order valence-corrected chi connectivity index (χ4v) is 6.82. The van der Waals surface area contributed by atoms with Crippen LogP contribution < -0.4 is 0 Å². The molecule has 1 saturated heterocycles. The van der Waals surface area contributed by atoms with Crippen molar-refractivity contribution in [2.24, 2.45) is 11.8 Å². The van der Waals surface area contributed by atoms with Crippen molar-refractivity contribution in [3.05, 3.63) is 29.8 Å². The third kappa shape index (κ3) is 4.92. The lowest BCUT2D eigenvalue weighted by Gasteiger charge is -2.22. The predicted octanol–water partition coefficient (Wildman–Crippen LogP) is 3.52. The minimum Gasteiger partial charge on any atom is -0.309 e. The molecule has 1 aliphatic rings. The fourth-order valence-electron chi connectivity index (χ4n) is 3.10. The van der Waals surface area contributed by atoms with Crippen LogP contribution in [0.2, 0.25) is 0 Å². The van der Waals surface area contributed by atoms with Crippen molar-refractivity contribution in [2.75, 3.05) is 32.5 Å². The molecule has 0 radical (unpaired) electrons. The van der Waals surface area contributed by atoms with Crippen molar-refractivity contribution in [1.29, 1.82) is 0 Å². The third-order valence-electron chi connectivity index (χ3n) is 4.50. The number of nitrogens with zero attached hydrogens (tertiary/aromatic N) is 1. The van der Waals surface area contributed by atoms with Gasteiger partial charge in [-0.1, -0.05) is 24.6 Å². The van der Waals surface area contributed by atoms with Gasteiger partial charge in [0.15, 0.2) is 0 Å². The summed E-state index contributed by atoms with van der Waals surface area (Å²) < 4.78 is 50.7. The van der Waals surface area contributed by atoms with Gasteiger partial charge in [0.1, 0.15) is 0 Å². The highest BCUT2D eigenvalue weighted by Gasteiger charge is 2.41. The first-order chi connectivity index (χ1) is 11.7. The molecule has 1 aliphatic heterocycles. The molecular formula is C17H28NO5PS. The molecule has 0 aliphatic carbocycles. The monoisotopic (exact) mass is 389 g/mol. The van der Waals surface area contributed by atoms with E-state index in [4.69, 9.17) is 9.05 Å². The van der Waals surface area contributed by atoms with Crippen LogP contribution in [-0.4, -0.2) is 45.2 Å². The van der Waals surface area contributed by atoms with Gasteiger partial charge < -0.3 is 9.05 Å². The fraction of sp³-hybridized carbons (Fsp3) is 0.647. The van der Waals surface area contributed by atoms with Crippen molar-refractivity contribution in [2.45, 2.75) is 32.6 Å². The summed E-state index contributed by atoms with van der Waals surface area (Å²) in [6, 6.07) is 6.85. The molecule has 0 spiro atoms. The Kier molecular flexibility index (Phi) is 6.85. The lowest BCUT2D eigenvalue weighted by molar-refractivity contribution is 0.214. The highest BCUT2D eigenvalue weighted by Crippen LogP contribution is 2.51. The molecule has 0 saturated carbocycles. The molecule has 2 rings (SSSR count). The Bertz CT molecular complexity index is 709. The molecule has 1 fully saturated rings. The first-order valence-electron chi connectivity index (χ1n) is 8.66. The average molecular weight is 389 g/mol. The van der Waals surface area contributed by atoms with Crippen LogP contribution in [0.5, 0.6) is 0 Å². The number of hydrogen-bond donors (Lipinski definition) is 0. The average Bonchev–Trinajstić information content (AvgIpc) is 2.89. The molecule has 2 unspecified atom stereocenters. The van der Waals surface area contributed by atoms with E-state index in [2.05, 4.69) is 0 Å². The maximum absolute atomic E-state index is 12.8. The van der Waals surface area contributed by atoms with Gasteiger partial charge in [-0.3, -0.25) is 4.57 Å². The number of benzene rings is 1. The van der Waals surface area contributed by atoms with E-state index in [9.17, 15) is 13.0 Å². The maximum Gasteiger partial charge on any atom is 0.330 e. The Balaban J connectivity index is 2.14. The summed E-state index contributed by atoms with van der Waals surface area (Å²) in [6.07, 6.45) is 0.246. The summed E-state index contributed by atoms with van der Waals surface area (Å²) in [5, 5.41) is 0. The van der Waals surface area contributed by atoms with E-state index in [1.165, 1.54) is 4.31 Å². The molecule has 6 nitrogen and oxygen atoms in total. The normalized spacial score (nSPS) is 22.4. The number of aryl methyl sites for hydroxylation is 1. The summed E-state index contributed by atoms with van der Waals surface area (Å²) in [6.45, 7) is 8.82. The minimum atomic E-state index is -3.54. The van der Waals surface area contributed by atoms with Gasteiger partial charge in [-0.25, -0.2) is 8.42 Å². The predicted molar refractivity (Wildman–Crippen MR) is 98.3 cm³/mol. The Morgan fingerprint density at radius 2 is 1.68 bits per heavy atom. The van der Waals surface area contributed by atoms with Gasteiger partial charge in [-0.2, -0.15) is 4.31 Å². The first kappa shape index (κ1) is 20.6. The second-order valence-corrected chi connectivity index (χ2v) is 10.5. The Labute approximate surface area is 151 Å².